The van der Waals surface area contributed by atoms with Crippen LogP contribution in [-0.2, 0) is 27.4 Å². The minimum atomic E-state index is -1.14. The number of methoxy groups -OCH3 is 1. The van der Waals surface area contributed by atoms with Gasteiger partial charge < -0.3 is 24.5 Å². The van der Waals surface area contributed by atoms with Gasteiger partial charge in [-0.25, -0.2) is 0 Å². The monoisotopic (exact) mass is 355 g/mol. The number of carbonyl (C=O) groups is 2. The molecule has 3 rings (SSSR count). The van der Waals surface area contributed by atoms with Crippen LogP contribution in [0.25, 0.3) is 0 Å². The molecule has 0 fully saturated rings. The van der Waals surface area contributed by atoms with Crippen molar-refractivity contribution in [3.8, 4) is 5.75 Å². The van der Waals surface area contributed by atoms with Crippen molar-refractivity contribution in [2.24, 2.45) is 0 Å². The summed E-state index contributed by atoms with van der Waals surface area (Å²) in [6.07, 6.45) is 0. The number of rotatable bonds is 6. The lowest BCUT2D eigenvalue weighted by atomic mass is 9.77. The molecule has 26 heavy (non-hydrogen) atoms. The summed E-state index contributed by atoms with van der Waals surface area (Å²) >= 11 is 0. The minimum Gasteiger partial charge on any atom is -0.496 e. The number of carbonyl (C=O) groups excluding carboxylic acids is 2. The Balaban J connectivity index is 1.60. The Morgan fingerprint density at radius 3 is 2.73 bits per heavy atom. The predicted molar refractivity (Wildman–Crippen MR) is 94.0 cm³/mol. The second-order valence-corrected chi connectivity index (χ2v) is 5.71. The molecule has 1 amide bonds. The van der Waals surface area contributed by atoms with Crippen molar-refractivity contribution in [2.75, 3.05) is 13.7 Å². The van der Waals surface area contributed by atoms with Crippen LogP contribution in [0.1, 0.15) is 21.5 Å². The summed E-state index contributed by atoms with van der Waals surface area (Å²) in [4.78, 5) is 24.2. The average Bonchev–Trinajstić information content (AvgIpc) is 3.05. The first-order valence-corrected chi connectivity index (χ1v) is 8.07. The molecular formula is C18H18BNO6. The molecule has 0 saturated carbocycles. The molecule has 0 bridgehead atoms. The van der Waals surface area contributed by atoms with E-state index in [9.17, 15) is 14.6 Å². The lowest BCUT2D eigenvalue weighted by Crippen LogP contribution is -2.34. The highest BCUT2D eigenvalue weighted by atomic mass is 16.5. The van der Waals surface area contributed by atoms with Crippen molar-refractivity contribution >= 4 is 24.5 Å². The molecule has 2 N–H and O–H groups in total. The molecule has 0 saturated heterocycles. The molecule has 1 heterocycles. The Kier molecular flexibility index (Phi) is 5.55. The lowest BCUT2D eigenvalue weighted by molar-refractivity contribution is -0.143. The smallest absolute Gasteiger partial charge is 0.495 e. The summed E-state index contributed by atoms with van der Waals surface area (Å²) in [6, 6.07) is 12.5. The maximum atomic E-state index is 12.4. The summed E-state index contributed by atoms with van der Waals surface area (Å²) in [7, 11) is 0.273. The van der Waals surface area contributed by atoms with Gasteiger partial charge >= 0.3 is 13.1 Å². The first-order valence-electron chi connectivity index (χ1n) is 8.07. The second kappa shape index (κ2) is 8.03. The van der Waals surface area contributed by atoms with Crippen LogP contribution in [0.15, 0.2) is 42.5 Å². The zero-order valence-corrected chi connectivity index (χ0v) is 14.2. The van der Waals surface area contributed by atoms with Gasteiger partial charge in [0.2, 0.25) is 0 Å². The van der Waals surface area contributed by atoms with Gasteiger partial charge in [0, 0.05) is 5.46 Å². The van der Waals surface area contributed by atoms with Crippen LogP contribution < -0.4 is 15.5 Å². The third kappa shape index (κ3) is 3.87. The molecule has 7 nitrogen and oxygen atoms in total. The molecule has 2 aromatic carbocycles. The van der Waals surface area contributed by atoms with Crippen molar-refractivity contribution in [3.05, 3.63) is 59.2 Å². The van der Waals surface area contributed by atoms with E-state index in [2.05, 4.69) is 5.32 Å². The summed E-state index contributed by atoms with van der Waals surface area (Å²) in [5.41, 5.74) is 2.27. The minimum absolute atomic E-state index is 0.140. The highest BCUT2D eigenvalue weighted by Crippen LogP contribution is 2.23. The van der Waals surface area contributed by atoms with Gasteiger partial charge in [0.05, 0.1) is 19.3 Å². The van der Waals surface area contributed by atoms with E-state index >= 15 is 0 Å². The van der Waals surface area contributed by atoms with E-state index in [0.29, 0.717) is 5.46 Å². The van der Waals surface area contributed by atoms with Gasteiger partial charge in [-0.05, 0) is 17.2 Å². The predicted octanol–water partition coefficient (Wildman–Crippen LogP) is 0.386. The van der Waals surface area contributed by atoms with Gasteiger partial charge in [-0.1, -0.05) is 36.4 Å². The van der Waals surface area contributed by atoms with E-state index in [-0.39, 0.29) is 31.1 Å². The van der Waals surface area contributed by atoms with Gasteiger partial charge in [0.25, 0.3) is 5.91 Å². The van der Waals surface area contributed by atoms with Crippen LogP contribution in [0.2, 0.25) is 0 Å². The van der Waals surface area contributed by atoms with Crippen LogP contribution in [0, 0.1) is 0 Å². The molecular weight excluding hydrogens is 337 g/mol. The number of benzene rings is 2. The third-order valence-electron chi connectivity index (χ3n) is 4.01. The number of amides is 1. The highest BCUT2D eigenvalue weighted by molar-refractivity contribution is 6.63. The van der Waals surface area contributed by atoms with Crippen molar-refractivity contribution in [1.82, 2.24) is 5.32 Å². The SMILES string of the molecule is COc1c(C(=O)NCC(=O)OCc2ccccc2)ccc2c1B(O)OC2. The van der Waals surface area contributed by atoms with Gasteiger partial charge in [-0.2, -0.15) is 0 Å². The zero-order valence-electron chi connectivity index (χ0n) is 14.2. The maximum Gasteiger partial charge on any atom is 0.495 e. The van der Waals surface area contributed by atoms with Crippen molar-refractivity contribution in [1.29, 1.82) is 0 Å². The summed E-state index contributed by atoms with van der Waals surface area (Å²) in [5.74, 6) is -0.811. The van der Waals surface area contributed by atoms with Gasteiger partial charge in [-0.3, -0.25) is 9.59 Å². The molecule has 8 heteroatoms. The molecule has 0 spiro atoms. The molecule has 2 aromatic rings. The van der Waals surface area contributed by atoms with E-state index in [1.54, 1.807) is 12.1 Å². The molecule has 134 valence electrons. The Labute approximate surface area is 151 Å². The fourth-order valence-corrected chi connectivity index (χ4v) is 2.72. The van der Waals surface area contributed by atoms with E-state index in [1.807, 2.05) is 30.3 Å². The maximum absolute atomic E-state index is 12.4. The normalized spacial score (nSPS) is 12.5. The van der Waals surface area contributed by atoms with Crippen LogP contribution in [0.3, 0.4) is 0 Å². The van der Waals surface area contributed by atoms with Gasteiger partial charge in [0.1, 0.15) is 18.9 Å². The molecule has 1 aliphatic rings. The number of fused-ring (bicyclic) bond motifs is 1. The van der Waals surface area contributed by atoms with Crippen LogP contribution >= 0.6 is 0 Å². The number of nitrogens with one attached hydrogen (secondary N) is 1. The quantitative estimate of drug-likeness (QED) is 0.575. The third-order valence-corrected chi connectivity index (χ3v) is 4.01. The van der Waals surface area contributed by atoms with Crippen molar-refractivity contribution < 1.29 is 28.7 Å². The number of hydrogen-bond donors (Lipinski definition) is 2. The highest BCUT2D eigenvalue weighted by Gasteiger charge is 2.33. The standard InChI is InChI=1S/C18H18BNO6/c1-24-17-14(8-7-13-11-26-19(23)16(13)17)18(22)20-9-15(21)25-10-12-5-3-2-4-6-12/h2-8,23H,9-11H2,1H3,(H,20,22). The Morgan fingerprint density at radius 1 is 1.23 bits per heavy atom. The fraction of sp³-hybridized carbons (Fsp3) is 0.222. The molecule has 0 unspecified atom stereocenters. The van der Waals surface area contributed by atoms with E-state index < -0.39 is 19.0 Å². The second-order valence-electron chi connectivity index (χ2n) is 5.71. The van der Waals surface area contributed by atoms with Crippen LogP contribution in [0.4, 0.5) is 0 Å². The topological polar surface area (TPSA) is 94.1 Å². The Hall–Kier alpha value is -2.84. The number of esters is 1. The Morgan fingerprint density at radius 2 is 2.00 bits per heavy atom. The van der Waals surface area contributed by atoms with Crippen LogP contribution in [0.5, 0.6) is 5.75 Å². The van der Waals surface area contributed by atoms with Crippen LogP contribution in [-0.4, -0.2) is 37.7 Å². The Bertz CT molecular complexity index is 811. The lowest BCUT2D eigenvalue weighted by Gasteiger charge is -2.13. The first-order chi connectivity index (χ1) is 12.6. The largest absolute Gasteiger partial charge is 0.496 e. The molecule has 0 radical (unpaired) electrons. The number of hydrogen-bond acceptors (Lipinski definition) is 6. The van der Waals surface area contributed by atoms with Gasteiger partial charge in [0.15, 0.2) is 0 Å². The van der Waals surface area contributed by atoms with Crippen molar-refractivity contribution in [2.45, 2.75) is 13.2 Å². The zero-order chi connectivity index (χ0) is 18.5. The average molecular weight is 355 g/mol. The van der Waals surface area contributed by atoms with Crippen molar-refractivity contribution in [3.63, 3.8) is 0 Å². The van der Waals surface area contributed by atoms with E-state index in [1.165, 1.54) is 7.11 Å². The molecule has 0 atom stereocenters. The molecule has 0 aliphatic carbocycles. The number of ether oxygens (including phenoxy) is 2. The molecule has 1 aliphatic heterocycles. The fourth-order valence-electron chi connectivity index (χ4n) is 2.72. The van der Waals surface area contributed by atoms with Gasteiger partial charge in [-0.15, -0.1) is 0 Å². The van der Waals surface area contributed by atoms with E-state index in [4.69, 9.17) is 14.1 Å². The summed E-state index contributed by atoms with van der Waals surface area (Å²) < 4.78 is 15.5. The molecule has 0 aromatic heterocycles. The van der Waals surface area contributed by atoms with E-state index in [0.717, 1.165) is 11.1 Å². The summed E-state index contributed by atoms with van der Waals surface area (Å²) in [5, 5.41) is 12.4. The first kappa shape index (κ1) is 18.0. The summed E-state index contributed by atoms with van der Waals surface area (Å²) in [6.45, 7) is 0.118.